The molecule has 0 N–H and O–H groups in total. The van der Waals surface area contributed by atoms with Crippen LogP contribution in [0, 0.1) is 0 Å². The van der Waals surface area contributed by atoms with E-state index >= 15 is 0 Å². The maximum absolute atomic E-state index is 11.8. The average Bonchev–Trinajstić information content (AvgIpc) is 2.40. The van der Waals surface area contributed by atoms with E-state index in [0.29, 0.717) is 5.56 Å². The molecule has 0 heterocycles. The minimum Gasteiger partial charge on any atom is -0.374 e. The monoisotopic (exact) mass is 243 g/mol. The molecule has 0 amide bonds. The van der Waals surface area contributed by atoms with E-state index in [2.05, 4.69) is 6.92 Å². The second-order valence-corrected chi connectivity index (χ2v) is 4.54. The molecule has 2 rings (SSSR count). The Hall–Kier alpha value is -1.90. The van der Waals surface area contributed by atoms with E-state index in [1.165, 1.54) is 6.08 Å². The first kappa shape index (κ1) is 12.6. The highest BCUT2D eigenvalue weighted by molar-refractivity contribution is 6.50. The summed E-state index contributed by atoms with van der Waals surface area (Å²) in [5.74, 6) is -0.828. The van der Waals surface area contributed by atoms with Crippen molar-refractivity contribution in [3.8, 4) is 0 Å². The Morgan fingerprint density at radius 1 is 1.11 bits per heavy atom. The lowest BCUT2D eigenvalue weighted by Gasteiger charge is -2.26. The van der Waals surface area contributed by atoms with Crippen LogP contribution in [0.5, 0.6) is 0 Å². The third-order valence-corrected chi connectivity index (χ3v) is 3.20. The summed E-state index contributed by atoms with van der Waals surface area (Å²) in [6.45, 7) is 3.02. The molecule has 0 bridgehead atoms. The van der Waals surface area contributed by atoms with Gasteiger partial charge in [-0.3, -0.25) is 9.59 Å². The van der Waals surface area contributed by atoms with Crippen molar-refractivity contribution in [2.75, 3.05) is 13.6 Å². The van der Waals surface area contributed by atoms with Gasteiger partial charge in [-0.05, 0) is 6.42 Å². The molecule has 1 aliphatic carbocycles. The molecule has 0 saturated carbocycles. The van der Waals surface area contributed by atoms with Gasteiger partial charge in [0.15, 0.2) is 0 Å². The topological polar surface area (TPSA) is 37.4 Å². The molecule has 0 atom stereocenters. The Labute approximate surface area is 107 Å². The van der Waals surface area contributed by atoms with Gasteiger partial charge in [-0.15, -0.1) is 0 Å². The smallest absolute Gasteiger partial charge is 0.233 e. The Morgan fingerprint density at radius 3 is 2.44 bits per heavy atom. The lowest BCUT2D eigenvalue weighted by Crippen LogP contribution is -2.26. The highest BCUT2D eigenvalue weighted by Crippen LogP contribution is 2.27. The van der Waals surface area contributed by atoms with Crippen LogP contribution in [0.1, 0.15) is 35.7 Å². The summed E-state index contributed by atoms with van der Waals surface area (Å²) in [5, 5.41) is 0. The predicted octanol–water partition coefficient (Wildman–Crippen LogP) is 2.52. The standard InChI is InChI=1S/C15H17NO2/c1-3-4-9-16(2)13-10-14(17)15(18)12-8-6-5-7-11(12)13/h5-8,10H,3-4,9H2,1-2H3. The second-order valence-electron chi connectivity index (χ2n) is 4.54. The van der Waals surface area contributed by atoms with Crippen LogP contribution in [0.15, 0.2) is 30.3 Å². The molecule has 94 valence electrons. The molecule has 0 unspecified atom stereocenters. The van der Waals surface area contributed by atoms with Crippen molar-refractivity contribution in [2.24, 2.45) is 0 Å². The third kappa shape index (κ3) is 2.21. The van der Waals surface area contributed by atoms with Crippen molar-refractivity contribution in [1.82, 2.24) is 4.90 Å². The van der Waals surface area contributed by atoms with Gasteiger partial charge < -0.3 is 4.90 Å². The molecule has 0 radical (unpaired) electrons. The van der Waals surface area contributed by atoms with Gasteiger partial charge in [0.25, 0.3) is 0 Å². The largest absolute Gasteiger partial charge is 0.374 e. The van der Waals surface area contributed by atoms with E-state index < -0.39 is 11.6 Å². The number of ketones is 2. The molecule has 1 aromatic rings. The van der Waals surface area contributed by atoms with Crippen molar-refractivity contribution in [2.45, 2.75) is 19.8 Å². The summed E-state index contributed by atoms with van der Waals surface area (Å²) in [5.41, 5.74) is 2.23. The number of allylic oxidation sites excluding steroid dienone is 1. The zero-order chi connectivity index (χ0) is 13.1. The van der Waals surface area contributed by atoms with Gasteiger partial charge in [-0.2, -0.15) is 0 Å². The van der Waals surface area contributed by atoms with Gasteiger partial charge in [-0.25, -0.2) is 0 Å². The first-order valence-electron chi connectivity index (χ1n) is 6.26. The number of hydrogen-bond donors (Lipinski definition) is 0. The lowest BCUT2D eigenvalue weighted by atomic mass is 9.92. The van der Waals surface area contributed by atoms with Gasteiger partial charge in [0.2, 0.25) is 11.6 Å². The fraction of sp³-hybridized carbons (Fsp3) is 0.333. The first-order valence-corrected chi connectivity index (χ1v) is 6.26. The van der Waals surface area contributed by atoms with Crippen molar-refractivity contribution >= 4 is 17.3 Å². The number of rotatable bonds is 4. The minimum absolute atomic E-state index is 0.404. The quantitative estimate of drug-likeness (QED) is 0.763. The molecule has 0 aliphatic heterocycles. The van der Waals surface area contributed by atoms with E-state index in [-0.39, 0.29) is 0 Å². The molecule has 0 aromatic heterocycles. The number of Topliss-reactive ketones (excluding diaryl/α,β-unsaturated/α-hetero) is 1. The minimum atomic E-state index is -0.424. The van der Waals surface area contributed by atoms with E-state index in [1.807, 2.05) is 24.1 Å². The van der Waals surface area contributed by atoms with E-state index in [4.69, 9.17) is 0 Å². The highest BCUT2D eigenvalue weighted by Gasteiger charge is 2.26. The van der Waals surface area contributed by atoms with Crippen molar-refractivity contribution in [3.05, 3.63) is 41.5 Å². The number of hydrogen-bond acceptors (Lipinski definition) is 3. The van der Waals surface area contributed by atoms with Crippen molar-refractivity contribution < 1.29 is 9.59 Å². The van der Waals surface area contributed by atoms with Gasteiger partial charge in [-0.1, -0.05) is 37.6 Å². The Morgan fingerprint density at radius 2 is 1.78 bits per heavy atom. The SMILES string of the molecule is CCCCN(C)C1=CC(=O)C(=O)c2ccccc21. The maximum atomic E-state index is 11.8. The number of nitrogens with zero attached hydrogens (tertiary/aromatic N) is 1. The van der Waals surface area contributed by atoms with Crippen LogP contribution in [0.4, 0.5) is 0 Å². The van der Waals surface area contributed by atoms with Crippen molar-refractivity contribution in [3.63, 3.8) is 0 Å². The number of benzene rings is 1. The third-order valence-electron chi connectivity index (χ3n) is 3.20. The van der Waals surface area contributed by atoms with Crippen LogP contribution in [0.2, 0.25) is 0 Å². The molecular weight excluding hydrogens is 226 g/mol. The molecule has 0 spiro atoms. The Bertz CT molecular complexity index is 517. The van der Waals surface area contributed by atoms with Crippen LogP contribution in [-0.2, 0) is 4.79 Å². The Balaban J connectivity index is 2.38. The summed E-state index contributed by atoms with van der Waals surface area (Å²) in [6.07, 6.45) is 3.63. The van der Waals surface area contributed by atoms with Gasteiger partial charge in [0, 0.05) is 36.5 Å². The molecule has 3 heteroatoms. The van der Waals surface area contributed by atoms with Gasteiger partial charge in [0.05, 0.1) is 0 Å². The number of carbonyl (C=O) groups excluding carboxylic acids is 2. The van der Waals surface area contributed by atoms with Gasteiger partial charge in [0.1, 0.15) is 0 Å². The van der Waals surface area contributed by atoms with Gasteiger partial charge >= 0.3 is 0 Å². The molecule has 1 aromatic carbocycles. The average molecular weight is 243 g/mol. The number of fused-ring (bicyclic) bond motifs is 1. The molecule has 3 nitrogen and oxygen atoms in total. The fourth-order valence-electron chi connectivity index (χ4n) is 2.14. The summed E-state index contributed by atoms with van der Waals surface area (Å²) < 4.78 is 0. The molecule has 18 heavy (non-hydrogen) atoms. The summed E-state index contributed by atoms with van der Waals surface area (Å²) in [6, 6.07) is 7.30. The van der Waals surface area contributed by atoms with Crippen LogP contribution in [0.3, 0.4) is 0 Å². The number of carbonyl (C=O) groups is 2. The predicted molar refractivity (Wildman–Crippen MR) is 71.3 cm³/mol. The number of unbranched alkanes of at least 4 members (excludes halogenated alkanes) is 1. The second kappa shape index (κ2) is 5.17. The van der Waals surface area contributed by atoms with Crippen LogP contribution in [0.25, 0.3) is 5.70 Å². The Kier molecular flexibility index (Phi) is 3.60. The molecule has 1 aliphatic rings. The summed E-state index contributed by atoms with van der Waals surface area (Å²) in [7, 11) is 1.96. The maximum Gasteiger partial charge on any atom is 0.233 e. The highest BCUT2D eigenvalue weighted by atomic mass is 16.2. The molecule has 0 saturated heterocycles. The summed E-state index contributed by atoms with van der Waals surface area (Å²) in [4.78, 5) is 25.5. The zero-order valence-electron chi connectivity index (χ0n) is 10.8. The van der Waals surface area contributed by atoms with E-state index in [1.54, 1.807) is 12.1 Å². The van der Waals surface area contributed by atoms with Crippen molar-refractivity contribution in [1.29, 1.82) is 0 Å². The molecular formula is C15H17NO2. The molecule has 0 fully saturated rings. The fourth-order valence-corrected chi connectivity index (χ4v) is 2.14. The summed E-state index contributed by atoms with van der Waals surface area (Å²) >= 11 is 0. The normalized spacial score (nSPS) is 14.2. The van der Waals surface area contributed by atoms with Crippen LogP contribution < -0.4 is 0 Å². The van der Waals surface area contributed by atoms with E-state index in [9.17, 15) is 9.59 Å². The lowest BCUT2D eigenvalue weighted by molar-refractivity contribution is -0.111. The first-order chi connectivity index (χ1) is 8.65. The zero-order valence-corrected chi connectivity index (χ0v) is 10.8. The van der Waals surface area contributed by atoms with Crippen LogP contribution in [-0.4, -0.2) is 30.1 Å². The van der Waals surface area contributed by atoms with Crippen LogP contribution >= 0.6 is 0 Å². The van der Waals surface area contributed by atoms with E-state index in [0.717, 1.165) is 30.6 Å².